The van der Waals surface area contributed by atoms with Gasteiger partial charge in [-0.05, 0) is 24.3 Å². The lowest BCUT2D eigenvalue weighted by Crippen LogP contribution is -2.43. The molecule has 1 aromatic carbocycles. The van der Waals surface area contributed by atoms with Crippen molar-refractivity contribution in [2.45, 2.75) is 33.2 Å². The highest BCUT2D eigenvalue weighted by Crippen LogP contribution is 2.29. The third-order valence-corrected chi connectivity index (χ3v) is 5.56. The summed E-state index contributed by atoms with van der Waals surface area (Å²) < 4.78 is 3.01. The van der Waals surface area contributed by atoms with Crippen LogP contribution in [-0.4, -0.2) is 50.6 Å². The molecule has 0 atom stereocenters. The van der Waals surface area contributed by atoms with Crippen molar-refractivity contribution in [3.05, 3.63) is 57.5 Å². The number of anilines is 1. The van der Waals surface area contributed by atoms with Gasteiger partial charge in [0.1, 0.15) is 0 Å². The van der Waals surface area contributed by atoms with Crippen LogP contribution in [0.15, 0.2) is 35.1 Å². The van der Waals surface area contributed by atoms with Gasteiger partial charge in [0.15, 0.2) is 11.5 Å². The molecule has 158 valence electrons. The largest absolute Gasteiger partial charge is 0.494 e. The summed E-state index contributed by atoms with van der Waals surface area (Å²) in [6.45, 7) is 4.87. The van der Waals surface area contributed by atoms with Gasteiger partial charge in [0.05, 0.1) is 18.8 Å². The van der Waals surface area contributed by atoms with E-state index in [1.165, 1.54) is 4.40 Å². The minimum absolute atomic E-state index is 0.0807. The number of carbonyl (C=O) groups excluding carboxylic acids is 1. The van der Waals surface area contributed by atoms with Crippen molar-refractivity contribution in [3.63, 3.8) is 0 Å². The van der Waals surface area contributed by atoms with E-state index in [9.17, 15) is 14.7 Å². The van der Waals surface area contributed by atoms with E-state index in [2.05, 4.69) is 18.8 Å². The van der Waals surface area contributed by atoms with E-state index in [4.69, 9.17) is 0 Å². The van der Waals surface area contributed by atoms with Gasteiger partial charge in [-0.15, -0.1) is 0 Å². The third kappa shape index (κ3) is 3.22. The molecule has 3 aromatic rings. The summed E-state index contributed by atoms with van der Waals surface area (Å²) in [4.78, 5) is 34.4. The van der Waals surface area contributed by atoms with E-state index >= 15 is 0 Å². The molecule has 0 radical (unpaired) electrons. The molecule has 1 N–H and O–H groups in total. The van der Waals surface area contributed by atoms with Crippen LogP contribution in [0.3, 0.4) is 0 Å². The molecule has 3 heterocycles. The van der Waals surface area contributed by atoms with Gasteiger partial charge in [0, 0.05) is 14.1 Å². The molecule has 0 saturated heterocycles. The quantitative estimate of drug-likeness (QED) is 0.699. The zero-order valence-electron chi connectivity index (χ0n) is 17.8. The van der Waals surface area contributed by atoms with E-state index in [1.54, 1.807) is 16.5 Å². The number of aromatic nitrogens is 3. The van der Waals surface area contributed by atoms with Gasteiger partial charge in [-0.3, -0.25) is 14.2 Å². The zero-order valence-corrected chi connectivity index (χ0v) is 17.8. The van der Waals surface area contributed by atoms with E-state index in [0.29, 0.717) is 36.9 Å². The monoisotopic (exact) mass is 409 g/mol. The van der Waals surface area contributed by atoms with E-state index in [-0.39, 0.29) is 28.8 Å². The van der Waals surface area contributed by atoms with E-state index < -0.39 is 0 Å². The van der Waals surface area contributed by atoms with Crippen molar-refractivity contribution in [2.75, 3.05) is 25.7 Å². The second kappa shape index (κ2) is 7.51. The number of nitrogens with zero attached hydrogens (tertiary/aromatic N) is 5. The Kier molecular flexibility index (Phi) is 5.01. The molecule has 0 saturated carbocycles. The molecule has 1 aliphatic rings. The van der Waals surface area contributed by atoms with Crippen LogP contribution in [0.25, 0.3) is 5.78 Å². The van der Waals surface area contributed by atoms with Crippen molar-refractivity contribution in [3.8, 4) is 5.88 Å². The molecule has 0 fully saturated rings. The van der Waals surface area contributed by atoms with Crippen molar-refractivity contribution in [1.82, 2.24) is 18.9 Å². The maximum atomic E-state index is 13.4. The first-order valence-electron chi connectivity index (χ1n) is 10.2. The smallest absolute Gasteiger partial charge is 0.276 e. The predicted molar refractivity (Wildman–Crippen MR) is 115 cm³/mol. The average molecular weight is 409 g/mol. The Labute approximate surface area is 175 Å². The first-order valence-corrected chi connectivity index (χ1v) is 10.2. The molecule has 0 unspecified atom stereocenters. The van der Waals surface area contributed by atoms with E-state index in [1.807, 2.05) is 42.3 Å². The lowest BCUT2D eigenvalue weighted by molar-refractivity contribution is 0.0777. The summed E-state index contributed by atoms with van der Waals surface area (Å²) in [6, 6.07) is 9.69. The SMILES string of the molecule is CC(C)CCc1c(O)n(Cc2ccccc2)c2nc3c(n2c1=O)C(=O)N(C)CN3C. The lowest BCUT2D eigenvalue weighted by atomic mass is 10.0. The van der Waals surface area contributed by atoms with Crippen LogP contribution in [0.2, 0.25) is 0 Å². The number of benzene rings is 1. The molecule has 8 heteroatoms. The van der Waals surface area contributed by atoms with Crippen molar-refractivity contribution in [2.24, 2.45) is 5.92 Å². The Morgan fingerprint density at radius 1 is 1.10 bits per heavy atom. The molecule has 30 heavy (non-hydrogen) atoms. The van der Waals surface area contributed by atoms with Crippen LogP contribution in [0.1, 0.15) is 41.9 Å². The maximum Gasteiger partial charge on any atom is 0.276 e. The summed E-state index contributed by atoms with van der Waals surface area (Å²) in [5, 5.41) is 11.1. The fraction of sp³-hybridized carbons (Fsp3) is 0.409. The minimum Gasteiger partial charge on any atom is -0.494 e. The molecule has 0 spiro atoms. The Morgan fingerprint density at radius 3 is 2.47 bits per heavy atom. The Bertz CT molecular complexity index is 1160. The average Bonchev–Trinajstić information content (AvgIpc) is 3.11. The molecule has 1 amide bonds. The summed E-state index contributed by atoms with van der Waals surface area (Å²) in [5.74, 6) is 0.771. The number of amides is 1. The first kappa shape index (κ1) is 20.0. The first-order chi connectivity index (χ1) is 14.3. The van der Waals surface area contributed by atoms with Gasteiger partial charge in [-0.1, -0.05) is 44.2 Å². The predicted octanol–water partition coefficient (Wildman–Crippen LogP) is 2.32. The Hall–Kier alpha value is -3.29. The molecule has 1 aliphatic heterocycles. The number of aromatic hydroxyl groups is 1. The minimum atomic E-state index is -0.377. The second-order valence-corrected chi connectivity index (χ2v) is 8.37. The van der Waals surface area contributed by atoms with Crippen molar-refractivity contribution < 1.29 is 9.90 Å². The summed E-state index contributed by atoms with van der Waals surface area (Å²) in [7, 11) is 3.53. The van der Waals surface area contributed by atoms with Crippen LogP contribution in [0.4, 0.5) is 5.82 Å². The fourth-order valence-corrected chi connectivity index (χ4v) is 3.91. The summed E-state index contributed by atoms with van der Waals surface area (Å²) in [5.41, 5.74) is 1.15. The van der Waals surface area contributed by atoms with Crippen LogP contribution in [-0.2, 0) is 13.0 Å². The third-order valence-electron chi connectivity index (χ3n) is 5.56. The molecule has 8 nitrogen and oxygen atoms in total. The summed E-state index contributed by atoms with van der Waals surface area (Å²) in [6.07, 6.45) is 1.18. The van der Waals surface area contributed by atoms with Gasteiger partial charge in [0.25, 0.3) is 11.5 Å². The van der Waals surface area contributed by atoms with Crippen molar-refractivity contribution >= 4 is 17.5 Å². The Balaban J connectivity index is 2.01. The van der Waals surface area contributed by atoms with Gasteiger partial charge in [-0.2, -0.15) is 4.98 Å². The number of fused-ring (bicyclic) bond motifs is 3. The highest BCUT2D eigenvalue weighted by atomic mass is 16.3. The summed E-state index contributed by atoms with van der Waals surface area (Å²) >= 11 is 0. The van der Waals surface area contributed by atoms with Gasteiger partial charge < -0.3 is 14.9 Å². The number of hydrogen-bond acceptors (Lipinski definition) is 5. The second-order valence-electron chi connectivity index (χ2n) is 8.37. The molecular weight excluding hydrogens is 382 g/mol. The normalized spacial score (nSPS) is 14.1. The van der Waals surface area contributed by atoms with Gasteiger partial charge in [0.2, 0.25) is 11.7 Å². The number of carbonyl (C=O) groups is 1. The van der Waals surface area contributed by atoms with E-state index in [0.717, 1.165) is 12.0 Å². The van der Waals surface area contributed by atoms with Crippen molar-refractivity contribution in [1.29, 1.82) is 0 Å². The molecule has 2 aromatic heterocycles. The highest BCUT2D eigenvalue weighted by Gasteiger charge is 2.33. The topological polar surface area (TPSA) is 83.1 Å². The van der Waals surface area contributed by atoms with Crippen LogP contribution >= 0.6 is 0 Å². The molecular formula is C22H27N5O3. The van der Waals surface area contributed by atoms with Crippen LogP contribution < -0.4 is 10.5 Å². The molecule has 0 aliphatic carbocycles. The zero-order chi connectivity index (χ0) is 21.6. The molecule has 0 bridgehead atoms. The van der Waals surface area contributed by atoms with Gasteiger partial charge >= 0.3 is 0 Å². The fourth-order valence-electron chi connectivity index (χ4n) is 3.91. The highest BCUT2D eigenvalue weighted by molar-refractivity contribution is 6.00. The molecule has 4 rings (SSSR count). The number of hydrogen-bond donors (Lipinski definition) is 1. The standard InChI is InChI=1S/C22H27N5O3/c1-14(2)10-11-16-19(28)26(12-15-8-6-5-7-9-15)22-23-18-17(27(22)20(16)29)21(30)25(4)13-24(18)3/h5-9,14,28H,10-13H2,1-4H3. The number of imidazole rings is 1. The maximum absolute atomic E-state index is 13.4. The number of rotatable bonds is 5. The van der Waals surface area contributed by atoms with Gasteiger partial charge in [-0.25, -0.2) is 4.40 Å². The van der Waals surface area contributed by atoms with Crippen LogP contribution in [0.5, 0.6) is 5.88 Å². The van der Waals surface area contributed by atoms with Crippen LogP contribution in [0, 0.1) is 5.92 Å². The lowest BCUT2D eigenvalue weighted by Gasteiger charge is -2.30. The Morgan fingerprint density at radius 2 is 1.80 bits per heavy atom.